The predicted molar refractivity (Wildman–Crippen MR) is 125 cm³/mol. The number of carbonyl (C=O) groups excluding carboxylic acids is 2. The van der Waals surface area contributed by atoms with Gasteiger partial charge in [0, 0.05) is 16.8 Å². The molecule has 4 aromatic rings. The van der Waals surface area contributed by atoms with Crippen LogP contribution in [0.3, 0.4) is 0 Å². The van der Waals surface area contributed by atoms with E-state index in [0.717, 1.165) is 22.2 Å². The van der Waals surface area contributed by atoms with Gasteiger partial charge in [-0.3, -0.25) is 9.59 Å². The van der Waals surface area contributed by atoms with E-state index in [1.165, 1.54) is 0 Å². The monoisotopic (exact) mass is 427 g/mol. The number of nitrogens with zero attached hydrogens (tertiary/aromatic N) is 1. The van der Waals surface area contributed by atoms with E-state index < -0.39 is 6.04 Å². The summed E-state index contributed by atoms with van der Waals surface area (Å²) < 4.78 is 5.79. The van der Waals surface area contributed by atoms with Crippen LogP contribution in [-0.2, 0) is 4.79 Å². The smallest absolute Gasteiger partial charge is 0.252 e. The van der Waals surface area contributed by atoms with E-state index in [4.69, 9.17) is 4.42 Å². The maximum absolute atomic E-state index is 12.9. The number of hydrogen-bond donors (Lipinski definition) is 2. The number of aromatic nitrogens is 1. The van der Waals surface area contributed by atoms with Crippen molar-refractivity contribution in [3.8, 4) is 11.5 Å². The Balaban J connectivity index is 1.46. The number of nitrogens with one attached hydrogen (secondary N) is 2. The normalized spacial score (nSPS) is 12.0. The molecule has 2 N–H and O–H groups in total. The van der Waals surface area contributed by atoms with Crippen molar-refractivity contribution in [3.05, 3.63) is 83.9 Å². The third-order valence-electron chi connectivity index (χ3n) is 5.32. The van der Waals surface area contributed by atoms with Gasteiger partial charge in [0.15, 0.2) is 5.58 Å². The predicted octanol–water partition coefficient (Wildman–Crippen LogP) is 5.20. The van der Waals surface area contributed by atoms with Crippen LogP contribution in [0.15, 0.2) is 77.2 Å². The zero-order valence-corrected chi connectivity index (χ0v) is 18.3. The largest absolute Gasteiger partial charge is 0.436 e. The van der Waals surface area contributed by atoms with Crippen molar-refractivity contribution in [3.63, 3.8) is 0 Å². The van der Waals surface area contributed by atoms with Gasteiger partial charge in [0.05, 0.1) is 0 Å². The molecule has 6 heteroatoms. The van der Waals surface area contributed by atoms with E-state index in [9.17, 15) is 9.59 Å². The molecule has 0 fully saturated rings. The zero-order chi connectivity index (χ0) is 22.7. The van der Waals surface area contributed by atoms with E-state index in [1.54, 1.807) is 18.2 Å². The highest BCUT2D eigenvalue weighted by Gasteiger charge is 2.25. The average molecular weight is 428 g/mol. The Morgan fingerprint density at radius 2 is 1.59 bits per heavy atom. The fourth-order valence-electron chi connectivity index (χ4n) is 3.49. The maximum atomic E-state index is 12.9. The first-order chi connectivity index (χ1) is 15.4. The molecule has 1 aromatic heterocycles. The van der Waals surface area contributed by atoms with Crippen molar-refractivity contribution < 1.29 is 14.0 Å². The molecule has 0 aliphatic heterocycles. The van der Waals surface area contributed by atoms with Crippen molar-refractivity contribution in [2.24, 2.45) is 5.92 Å². The van der Waals surface area contributed by atoms with Crippen LogP contribution in [-0.4, -0.2) is 22.8 Å². The summed E-state index contributed by atoms with van der Waals surface area (Å²) in [7, 11) is 0. The fourth-order valence-corrected chi connectivity index (χ4v) is 3.49. The van der Waals surface area contributed by atoms with Gasteiger partial charge in [0.2, 0.25) is 11.8 Å². The van der Waals surface area contributed by atoms with Crippen LogP contribution in [0.2, 0.25) is 0 Å². The number of rotatable bonds is 6. The number of carbonyl (C=O) groups is 2. The number of fused-ring (bicyclic) bond motifs is 1. The Hall–Kier alpha value is -3.93. The Bertz CT molecular complexity index is 1230. The lowest BCUT2D eigenvalue weighted by molar-refractivity contribution is -0.118. The highest BCUT2D eigenvalue weighted by molar-refractivity contribution is 6.02. The SMILES string of the molecule is Cc1ccccc1C(=O)NC(C(=O)Nc1ccc(-c2nc3ccccc3o2)cc1)C(C)C. The second kappa shape index (κ2) is 9.06. The van der Waals surface area contributed by atoms with Gasteiger partial charge in [-0.15, -0.1) is 0 Å². The van der Waals surface area contributed by atoms with Crippen LogP contribution in [0, 0.1) is 12.8 Å². The molecule has 162 valence electrons. The summed E-state index contributed by atoms with van der Waals surface area (Å²) in [6.45, 7) is 5.68. The molecule has 1 heterocycles. The summed E-state index contributed by atoms with van der Waals surface area (Å²) >= 11 is 0. The molecule has 32 heavy (non-hydrogen) atoms. The van der Waals surface area contributed by atoms with Gasteiger partial charge in [0.1, 0.15) is 11.6 Å². The summed E-state index contributed by atoms with van der Waals surface area (Å²) in [6.07, 6.45) is 0. The average Bonchev–Trinajstić information content (AvgIpc) is 3.22. The minimum atomic E-state index is -0.668. The van der Waals surface area contributed by atoms with Crippen LogP contribution < -0.4 is 10.6 Å². The number of amides is 2. The Labute approximate surface area is 186 Å². The molecule has 3 aromatic carbocycles. The summed E-state index contributed by atoms with van der Waals surface area (Å²) in [5, 5.41) is 5.77. The van der Waals surface area contributed by atoms with Crippen LogP contribution >= 0.6 is 0 Å². The first-order valence-electron chi connectivity index (χ1n) is 10.6. The van der Waals surface area contributed by atoms with Crippen LogP contribution in [0.5, 0.6) is 0 Å². The minimum Gasteiger partial charge on any atom is -0.436 e. The second-order valence-electron chi connectivity index (χ2n) is 8.06. The lowest BCUT2D eigenvalue weighted by Gasteiger charge is -2.22. The van der Waals surface area contributed by atoms with Crippen LogP contribution in [0.1, 0.15) is 29.8 Å². The molecule has 1 unspecified atom stereocenters. The molecule has 1 atom stereocenters. The van der Waals surface area contributed by atoms with Gasteiger partial charge >= 0.3 is 0 Å². The fraction of sp³-hybridized carbons (Fsp3) is 0.192. The summed E-state index contributed by atoms with van der Waals surface area (Å²) in [5.74, 6) is -0.0866. The number of benzene rings is 3. The van der Waals surface area contributed by atoms with Crippen molar-refractivity contribution >= 4 is 28.6 Å². The van der Waals surface area contributed by atoms with Gasteiger partial charge in [-0.2, -0.15) is 0 Å². The van der Waals surface area contributed by atoms with Crippen LogP contribution in [0.25, 0.3) is 22.6 Å². The molecule has 2 amide bonds. The maximum Gasteiger partial charge on any atom is 0.252 e. The lowest BCUT2D eigenvalue weighted by atomic mass is 10.0. The Morgan fingerprint density at radius 1 is 0.906 bits per heavy atom. The van der Waals surface area contributed by atoms with Crippen LogP contribution in [0.4, 0.5) is 5.69 Å². The summed E-state index contributed by atoms with van der Waals surface area (Å²) in [5.41, 5.74) is 4.39. The van der Waals surface area contributed by atoms with Crippen molar-refractivity contribution in [2.75, 3.05) is 5.32 Å². The van der Waals surface area contributed by atoms with Gasteiger partial charge in [-0.1, -0.05) is 44.2 Å². The highest BCUT2D eigenvalue weighted by Crippen LogP contribution is 2.25. The van der Waals surface area contributed by atoms with E-state index in [1.807, 2.05) is 75.4 Å². The molecule has 6 nitrogen and oxygen atoms in total. The van der Waals surface area contributed by atoms with Crippen molar-refractivity contribution in [2.45, 2.75) is 26.8 Å². The molecule has 0 saturated heterocycles. The highest BCUT2D eigenvalue weighted by atomic mass is 16.3. The van der Waals surface area contributed by atoms with E-state index >= 15 is 0 Å². The van der Waals surface area contributed by atoms with Gasteiger partial charge in [-0.05, 0) is 60.9 Å². The van der Waals surface area contributed by atoms with E-state index in [-0.39, 0.29) is 17.7 Å². The molecule has 4 rings (SSSR count). The lowest BCUT2D eigenvalue weighted by Crippen LogP contribution is -2.47. The Morgan fingerprint density at radius 3 is 2.28 bits per heavy atom. The molecular formula is C26H25N3O3. The molecule has 0 aliphatic rings. The topological polar surface area (TPSA) is 84.2 Å². The molecule has 0 saturated carbocycles. The van der Waals surface area contributed by atoms with Gasteiger partial charge < -0.3 is 15.1 Å². The third kappa shape index (κ3) is 4.54. The number of anilines is 1. The van der Waals surface area contributed by atoms with Crippen molar-refractivity contribution in [1.29, 1.82) is 0 Å². The quantitative estimate of drug-likeness (QED) is 0.443. The first-order valence-corrected chi connectivity index (χ1v) is 10.6. The third-order valence-corrected chi connectivity index (χ3v) is 5.32. The molecule has 0 aliphatic carbocycles. The Kier molecular flexibility index (Phi) is 6.03. The molecule has 0 radical (unpaired) electrons. The molecule has 0 bridgehead atoms. The van der Waals surface area contributed by atoms with Crippen molar-refractivity contribution in [1.82, 2.24) is 10.3 Å². The summed E-state index contributed by atoms with van der Waals surface area (Å²) in [4.78, 5) is 30.1. The van der Waals surface area contributed by atoms with Gasteiger partial charge in [0.25, 0.3) is 5.91 Å². The minimum absolute atomic E-state index is 0.0815. The molecule has 0 spiro atoms. The molecular weight excluding hydrogens is 402 g/mol. The second-order valence-corrected chi connectivity index (χ2v) is 8.06. The zero-order valence-electron chi connectivity index (χ0n) is 18.3. The number of hydrogen-bond acceptors (Lipinski definition) is 4. The van der Waals surface area contributed by atoms with Gasteiger partial charge in [-0.25, -0.2) is 4.98 Å². The standard InChI is InChI=1S/C26H25N3O3/c1-16(2)23(29-24(30)20-9-5-4-8-17(20)3)25(31)27-19-14-12-18(13-15-19)26-28-21-10-6-7-11-22(21)32-26/h4-16,23H,1-3H3,(H,27,31)(H,29,30). The number of oxazole rings is 1. The van der Waals surface area contributed by atoms with E-state index in [2.05, 4.69) is 15.6 Å². The van der Waals surface area contributed by atoms with E-state index in [0.29, 0.717) is 17.1 Å². The first kappa shape index (κ1) is 21.3. The summed E-state index contributed by atoms with van der Waals surface area (Å²) in [6, 6.07) is 21.5. The number of para-hydroxylation sites is 2. The number of aryl methyl sites for hydroxylation is 1.